The number of sulfonamides is 1. The molecule has 0 saturated heterocycles. The van der Waals surface area contributed by atoms with Gasteiger partial charge in [-0.3, -0.25) is 0 Å². The van der Waals surface area contributed by atoms with Gasteiger partial charge in [0.25, 0.3) is 0 Å². The SMILES string of the molecule is CCOc1cc(C(=O)O)cc(S(N)(=O)=O)c1OCC. The van der Waals surface area contributed by atoms with E-state index in [0.29, 0.717) is 0 Å². The summed E-state index contributed by atoms with van der Waals surface area (Å²) in [5.41, 5.74) is -0.240. The molecular weight excluding hydrogens is 274 g/mol. The summed E-state index contributed by atoms with van der Waals surface area (Å²) in [6, 6.07) is 2.15. The summed E-state index contributed by atoms with van der Waals surface area (Å²) in [6.07, 6.45) is 0. The van der Waals surface area contributed by atoms with Gasteiger partial charge in [0.1, 0.15) is 4.90 Å². The zero-order chi connectivity index (χ0) is 14.6. The minimum Gasteiger partial charge on any atom is -0.490 e. The van der Waals surface area contributed by atoms with Gasteiger partial charge in [-0.25, -0.2) is 18.4 Å². The zero-order valence-electron chi connectivity index (χ0n) is 10.5. The number of hydrogen-bond donors (Lipinski definition) is 2. The molecule has 19 heavy (non-hydrogen) atoms. The van der Waals surface area contributed by atoms with Gasteiger partial charge in [-0.15, -0.1) is 0 Å². The molecule has 0 atom stereocenters. The number of carboxylic acids is 1. The highest BCUT2D eigenvalue weighted by Crippen LogP contribution is 2.35. The van der Waals surface area contributed by atoms with E-state index in [1.54, 1.807) is 13.8 Å². The van der Waals surface area contributed by atoms with Crippen molar-refractivity contribution in [2.45, 2.75) is 18.7 Å². The molecule has 0 saturated carbocycles. The molecule has 0 heterocycles. The molecule has 1 aromatic rings. The number of carbonyl (C=O) groups is 1. The lowest BCUT2D eigenvalue weighted by Crippen LogP contribution is -2.16. The smallest absolute Gasteiger partial charge is 0.335 e. The number of rotatable bonds is 6. The highest BCUT2D eigenvalue weighted by molar-refractivity contribution is 7.89. The molecule has 0 fully saturated rings. The Morgan fingerprint density at radius 3 is 2.26 bits per heavy atom. The van der Waals surface area contributed by atoms with Crippen molar-refractivity contribution in [3.63, 3.8) is 0 Å². The topological polar surface area (TPSA) is 116 Å². The number of benzene rings is 1. The first-order valence-corrected chi connectivity index (χ1v) is 7.05. The number of ether oxygens (including phenoxy) is 2. The third-order valence-electron chi connectivity index (χ3n) is 2.16. The van der Waals surface area contributed by atoms with Crippen molar-refractivity contribution in [2.75, 3.05) is 13.2 Å². The first kappa shape index (κ1) is 15.3. The molecular formula is C11H15NO6S. The van der Waals surface area contributed by atoms with Gasteiger partial charge in [-0.2, -0.15) is 0 Å². The van der Waals surface area contributed by atoms with Gasteiger partial charge >= 0.3 is 5.97 Å². The molecule has 1 rings (SSSR count). The van der Waals surface area contributed by atoms with E-state index in [-0.39, 0.29) is 30.3 Å². The lowest BCUT2D eigenvalue weighted by Gasteiger charge is -2.15. The minimum absolute atomic E-state index is 0.0354. The van der Waals surface area contributed by atoms with Crippen molar-refractivity contribution in [1.82, 2.24) is 0 Å². The molecule has 0 aliphatic rings. The van der Waals surface area contributed by atoms with E-state index in [2.05, 4.69) is 0 Å². The Kier molecular flexibility index (Phi) is 4.73. The first-order chi connectivity index (χ1) is 8.81. The number of primary sulfonamides is 1. The standard InChI is InChI=1S/C11H15NO6S/c1-3-17-8-5-7(11(13)14)6-9(19(12,15)16)10(8)18-4-2/h5-6H,3-4H2,1-2H3,(H,13,14)(H2,12,15,16). The van der Waals surface area contributed by atoms with Gasteiger partial charge in [-0.1, -0.05) is 0 Å². The van der Waals surface area contributed by atoms with Gasteiger partial charge < -0.3 is 14.6 Å². The summed E-state index contributed by atoms with van der Waals surface area (Å²) in [6.45, 7) is 3.76. The summed E-state index contributed by atoms with van der Waals surface area (Å²) >= 11 is 0. The maximum atomic E-state index is 11.5. The largest absolute Gasteiger partial charge is 0.490 e. The van der Waals surface area contributed by atoms with Crippen molar-refractivity contribution in [3.05, 3.63) is 17.7 Å². The average molecular weight is 289 g/mol. The molecule has 0 aliphatic carbocycles. The molecule has 3 N–H and O–H groups in total. The molecule has 0 aromatic heterocycles. The molecule has 0 spiro atoms. The first-order valence-electron chi connectivity index (χ1n) is 5.51. The van der Waals surface area contributed by atoms with E-state index in [4.69, 9.17) is 19.7 Å². The lowest BCUT2D eigenvalue weighted by molar-refractivity contribution is 0.0696. The number of hydrogen-bond acceptors (Lipinski definition) is 5. The van der Waals surface area contributed by atoms with E-state index in [9.17, 15) is 13.2 Å². The zero-order valence-corrected chi connectivity index (χ0v) is 11.4. The predicted octanol–water partition coefficient (Wildman–Crippen LogP) is 0.830. The van der Waals surface area contributed by atoms with Gasteiger partial charge in [-0.05, 0) is 26.0 Å². The van der Waals surface area contributed by atoms with Gasteiger partial charge in [0.15, 0.2) is 11.5 Å². The quantitative estimate of drug-likeness (QED) is 0.801. The highest BCUT2D eigenvalue weighted by atomic mass is 32.2. The second-order valence-corrected chi connectivity index (χ2v) is 5.05. The average Bonchev–Trinajstić information content (AvgIpc) is 2.29. The number of nitrogens with two attached hydrogens (primary N) is 1. The minimum atomic E-state index is -4.12. The summed E-state index contributed by atoms with van der Waals surface area (Å²) in [5, 5.41) is 14.0. The second kappa shape index (κ2) is 5.89. The summed E-state index contributed by atoms with van der Waals surface area (Å²) in [5.74, 6) is -1.32. The Morgan fingerprint density at radius 1 is 1.26 bits per heavy atom. The van der Waals surface area contributed by atoms with Gasteiger partial charge in [0, 0.05) is 0 Å². The van der Waals surface area contributed by atoms with E-state index >= 15 is 0 Å². The van der Waals surface area contributed by atoms with Crippen LogP contribution in [0.5, 0.6) is 11.5 Å². The maximum Gasteiger partial charge on any atom is 0.335 e. The number of carboxylic acid groups (broad SMARTS) is 1. The van der Waals surface area contributed by atoms with Crippen LogP contribution in [0.1, 0.15) is 24.2 Å². The van der Waals surface area contributed by atoms with Crippen LogP contribution in [-0.2, 0) is 10.0 Å². The van der Waals surface area contributed by atoms with Crippen molar-refractivity contribution in [2.24, 2.45) is 5.14 Å². The molecule has 1 aromatic carbocycles. The molecule has 0 amide bonds. The van der Waals surface area contributed by atoms with Crippen LogP contribution >= 0.6 is 0 Å². The molecule has 106 valence electrons. The monoisotopic (exact) mass is 289 g/mol. The number of aromatic carboxylic acids is 1. The van der Waals surface area contributed by atoms with E-state index in [1.807, 2.05) is 0 Å². The summed E-state index contributed by atoms with van der Waals surface area (Å²) < 4.78 is 33.4. The van der Waals surface area contributed by atoms with Crippen LogP contribution in [0, 0.1) is 0 Å². The van der Waals surface area contributed by atoms with Crippen LogP contribution in [0.4, 0.5) is 0 Å². The van der Waals surface area contributed by atoms with Gasteiger partial charge in [0.05, 0.1) is 18.8 Å². The van der Waals surface area contributed by atoms with Crippen LogP contribution in [0.2, 0.25) is 0 Å². The Morgan fingerprint density at radius 2 is 1.84 bits per heavy atom. The Balaban J connectivity index is 3.60. The van der Waals surface area contributed by atoms with E-state index in [1.165, 1.54) is 6.07 Å². The highest BCUT2D eigenvalue weighted by Gasteiger charge is 2.23. The van der Waals surface area contributed by atoms with Crippen molar-refractivity contribution in [3.8, 4) is 11.5 Å². The van der Waals surface area contributed by atoms with Crippen molar-refractivity contribution < 1.29 is 27.8 Å². The molecule has 0 radical (unpaired) electrons. The van der Waals surface area contributed by atoms with Crippen molar-refractivity contribution >= 4 is 16.0 Å². The maximum absolute atomic E-state index is 11.5. The second-order valence-electron chi connectivity index (χ2n) is 3.52. The van der Waals surface area contributed by atoms with E-state index in [0.717, 1.165) is 6.07 Å². The molecule has 0 unspecified atom stereocenters. The van der Waals surface area contributed by atoms with Crippen LogP contribution in [0.3, 0.4) is 0 Å². The van der Waals surface area contributed by atoms with Crippen LogP contribution in [0.25, 0.3) is 0 Å². The Hall–Kier alpha value is -1.80. The van der Waals surface area contributed by atoms with Gasteiger partial charge in [0.2, 0.25) is 10.0 Å². The Labute approximate surface area is 111 Å². The van der Waals surface area contributed by atoms with Crippen LogP contribution < -0.4 is 14.6 Å². The van der Waals surface area contributed by atoms with Crippen LogP contribution in [-0.4, -0.2) is 32.7 Å². The molecule has 0 bridgehead atoms. The predicted molar refractivity (Wildman–Crippen MR) is 67.1 cm³/mol. The summed E-state index contributed by atoms with van der Waals surface area (Å²) in [7, 11) is -4.12. The molecule has 8 heteroatoms. The summed E-state index contributed by atoms with van der Waals surface area (Å²) in [4.78, 5) is 10.6. The molecule has 7 nitrogen and oxygen atoms in total. The Bertz CT molecular complexity index is 581. The fourth-order valence-electron chi connectivity index (χ4n) is 1.46. The normalized spacial score (nSPS) is 11.1. The third kappa shape index (κ3) is 3.58. The lowest BCUT2D eigenvalue weighted by atomic mass is 10.2. The van der Waals surface area contributed by atoms with Crippen molar-refractivity contribution in [1.29, 1.82) is 0 Å². The van der Waals surface area contributed by atoms with E-state index < -0.39 is 20.9 Å². The fourth-order valence-corrected chi connectivity index (χ4v) is 2.17. The van der Waals surface area contributed by atoms with Crippen LogP contribution in [0.15, 0.2) is 17.0 Å². The fraction of sp³-hybridized carbons (Fsp3) is 0.364. The molecule has 0 aliphatic heterocycles. The third-order valence-corrected chi connectivity index (χ3v) is 3.08.